The van der Waals surface area contributed by atoms with Crippen molar-refractivity contribution in [2.45, 2.75) is 18.2 Å². The first kappa shape index (κ1) is 16.5. The lowest BCUT2D eigenvalue weighted by molar-refractivity contribution is 0.460. The Kier molecular flexibility index (Phi) is 4.10. The summed E-state index contributed by atoms with van der Waals surface area (Å²) in [5, 5.41) is 4.34. The van der Waals surface area contributed by atoms with Crippen LogP contribution in [0.3, 0.4) is 0 Å². The molecule has 0 aliphatic heterocycles. The Bertz CT molecular complexity index is 1090. The molecule has 7 nitrogen and oxygen atoms in total. The maximum Gasteiger partial charge on any atom is 0.271 e. The van der Waals surface area contributed by atoms with Crippen LogP contribution in [0.25, 0.3) is 11.0 Å². The first-order chi connectivity index (χ1) is 11.3. The zero-order chi connectivity index (χ0) is 17.5. The van der Waals surface area contributed by atoms with Gasteiger partial charge in [0.15, 0.2) is 16.3 Å². The lowest BCUT2D eigenvalue weighted by atomic mass is 10.2. The van der Waals surface area contributed by atoms with Crippen molar-refractivity contribution in [2.75, 3.05) is 4.72 Å². The van der Waals surface area contributed by atoms with E-state index < -0.39 is 15.6 Å². The molecule has 0 spiro atoms. The topological polar surface area (TPSA) is 94.2 Å². The van der Waals surface area contributed by atoms with Crippen molar-refractivity contribution in [3.05, 3.63) is 51.4 Å². The van der Waals surface area contributed by atoms with E-state index in [1.165, 1.54) is 17.7 Å². The summed E-state index contributed by atoms with van der Waals surface area (Å²) in [7, 11) is -2.64. The number of nitrogens with one attached hydrogen (secondary N) is 1. The third-order valence-electron chi connectivity index (χ3n) is 3.58. The Morgan fingerprint density at radius 1 is 1.38 bits per heavy atom. The molecule has 1 aromatic carbocycles. The van der Waals surface area contributed by atoms with E-state index in [4.69, 9.17) is 16.1 Å². The molecule has 0 radical (unpaired) electrons. The van der Waals surface area contributed by atoms with Gasteiger partial charge in [0.2, 0.25) is 0 Å². The van der Waals surface area contributed by atoms with Gasteiger partial charge in [-0.1, -0.05) is 29.7 Å². The normalized spacial score (nSPS) is 11.8. The number of aryl methyl sites for hydroxylation is 2. The lowest BCUT2D eigenvalue weighted by Crippen LogP contribution is -2.27. The highest BCUT2D eigenvalue weighted by atomic mass is 35.5. The monoisotopic (exact) mass is 367 g/mol. The van der Waals surface area contributed by atoms with Crippen LogP contribution in [-0.4, -0.2) is 18.1 Å². The summed E-state index contributed by atoms with van der Waals surface area (Å²) in [6.07, 6.45) is 2.19. The van der Waals surface area contributed by atoms with E-state index in [-0.39, 0.29) is 10.7 Å². The van der Waals surface area contributed by atoms with E-state index in [0.29, 0.717) is 22.4 Å². The first-order valence-corrected chi connectivity index (χ1v) is 8.96. The van der Waals surface area contributed by atoms with Gasteiger partial charge in [0, 0.05) is 13.2 Å². The molecule has 3 rings (SSSR count). The fraction of sp³-hybridized carbons (Fsp3) is 0.200. The fourth-order valence-electron chi connectivity index (χ4n) is 2.34. The van der Waals surface area contributed by atoms with E-state index >= 15 is 0 Å². The SMILES string of the molecule is CCc1cc(S(=O)(=O)Nc2noc3cccc(Cl)c23)c(=O)n(C)c1. The summed E-state index contributed by atoms with van der Waals surface area (Å²) in [5.74, 6) is -0.0560. The van der Waals surface area contributed by atoms with Crippen LogP contribution in [-0.2, 0) is 23.5 Å². The van der Waals surface area contributed by atoms with Gasteiger partial charge in [0.25, 0.3) is 15.6 Å². The average molecular weight is 368 g/mol. The molecule has 9 heteroatoms. The Hall–Kier alpha value is -2.32. The molecule has 0 aliphatic carbocycles. The molecule has 24 heavy (non-hydrogen) atoms. The number of pyridine rings is 1. The Morgan fingerprint density at radius 2 is 2.12 bits per heavy atom. The molecule has 0 atom stereocenters. The van der Waals surface area contributed by atoms with Crippen LogP contribution in [0.5, 0.6) is 0 Å². The molecule has 126 valence electrons. The van der Waals surface area contributed by atoms with Crippen molar-refractivity contribution >= 4 is 38.4 Å². The van der Waals surface area contributed by atoms with E-state index in [0.717, 1.165) is 5.56 Å². The van der Waals surface area contributed by atoms with Gasteiger partial charge in [-0.15, -0.1) is 0 Å². The van der Waals surface area contributed by atoms with Crippen molar-refractivity contribution in [2.24, 2.45) is 7.05 Å². The average Bonchev–Trinajstić information content (AvgIpc) is 2.93. The molecule has 0 bridgehead atoms. The number of rotatable bonds is 4. The second-order valence-corrected chi connectivity index (χ2v) is 7.29. The van der Waals surface area contributed by atoms with Gasteiger partial charge in [-0.3, -0.25) is 9.52 Å². The van der Waals surface area contributed by atoms with Crippen LogP contribution in [0.2, 0.25) is 5.02 Å². The van der Waals surface area contributed by atoms with Crippen LogP contribution in [0.4, 0.5) is 5.82 Å². The number of halogens is 1. The number of benzene rings is 1. The molecular formula is C15H14ClN3O4S. The number of hydrogen-bond acceptors (Lipinski definition) is 5. The minimum Gasteiger partial charge on any atom is -0.354 e. The quantitative estimate of drug-likeness (QED) is 0.764. The summed E-state index contributed by atoms with van der Waals surface area (Å²) >= 11 is 6.08. The number of hydrogen-bond donors (Lipinski definition) is 1. The summed E-state index contributed by atoms with van der Waals surface area (Å²) in [6.45, 7) is 1.87. The summed E-state index contributed by atoms with van der Waals surface area (Å²) in [5.41, 5.74) is 0.439. The van der Waals surface area contributed by atoms with Crippen LogP contribution in [0, 0.1) is 0 Å². The van der Waals surface area contributed by atoms with Gasteiger partial charge < -0.3 is 9.09 Å². The molecule has 2 heterocycles. The molecule has 0 saturated heterocycles. The van der Waals surface area contributed by atoms with Gasteiger partial charge in [-0.25, -0.2) is 8.42 Å². The summed E-state index contributed by atoms with van der Waals surface area (Å²) < 4.78 is 33.9. The summed E-state index contributed by atoms with van der Waals surface area (Å²) in [6, 6.07) is 6.22. The van der Waals surface area contributed by atoms with Gasteiger partial charge >= 0.3 is 0 Å². The standard InChI is InChI=1S/C15H14ClN3O4S/c1-3-9-7-12(15(20)19(2)8-9)24(21,22)18-14-13-10(16)5-4-6-11(13)23-17-14/h4-8H,3H2,1-2H3,(H,17,18). The Morgan fingerprint density at radius 3 is 2.83 bits per heavy atom. The van der Waals surface area contributed by atoms with E-state index in [2.05, 4.69) is 9.88 Å². The first-order valence-electron chi connectivity index (χ1n) is 7.09. The largest absolute Gasteiger partial charge is 0.354 e. The highest BCUT2D eigenvalue weighted by Crippen LogP contribution is 2.31. The zero-order valence-electron chi connectivity index (χ0n) is 12.9. The van der Waals surface area contributed by atoms with Crippen molar-refractivity contribution in [1.82, 2.24) is 9.72 Å². The molecule has 1 N–H and O–H groups in total. The van der Waals surface area contributed by atoms with Crippen molar-refractivity contribution in [3.8, 4) is 0 Å². The molecule has 2 aromatic heterocycles. The third kappa shape index (κ3) is 2.78. The highest BCUT2D eigenvalue weighted by molar-refractivity contribution is 7.92. The predicted octanol–water partition coefficient (Wildman–Crippen LogP) is 2.54. The van der Waals surface area contributed by atoms with E-state index in [1.807, 2.05) is 6.92 Å². The van der Waals surface area contributed by atoms with Crippen molar-refractivity contribution in [3.63, 3.8) is 0 Å². The minimum absolute atomic E-state index is 0.0560. The second-order valence-electron chi connectivity index (χ2n) is 5.23. The molecule has 0 saturated carbocycles. The molecule has 3 aromatic rings. The zero-order valence-corrected chi connectivity index (χ0v) is 14.5. The maximum absolute atomic E-state index is 12.6. The van der Waals surface area contributed by atoms with E-state index in [1.54, 1.807) is 24.4 Å². The fourth-order valence-corrected chi connectivity index (χ4v) is 3.78. The highest BCUT2D eigenvalue weighted by Gasteiger charge is 2.23. The predicted molar refractivity (Wildman–Crippen MR) is 90.9 cm³/mol. The maximum atomic E-state index is 12.6. The van der Waals surface area contributed by atoms with Crippen LogP contribution < -0.4 is 10.3 Å². The Labute approximate surface area is 142 Å². The molecular weight excluding hydrogens is 354 g/mol. The van der Waals surface area contributed by atoms with Gasteiger partial charge in [-0.05, 0) is 30.2 Å². The molecule has 0 unspecified atom stereocenters. The Balaban J connectivity index is 2.12. The van der Waals surface area contributed by atoms with Gasteiger partial charge in [-0.2, -0.15) is 0 Å². The smallest absolute Gasteiger partial charge is 0.271 e. The van der Waals surface area contributed by atoms with Crippen LogP contribution >= 0.6 is 11.6 Å². The van der Waals surface area contributed by atoms with E-state index in [9.17, 15) is 13.2 Å². The van der Waals surface area contributed by atoms with Crippen molar-refractivity contribution in [1.29, 1.82) is 0 Å². The number of aromatic nitrogens is 2. The molecule has 0 fully saturated rings. The van der Waals surface area contributed by atoms with Crippen molar-refractivity contribution < 1.29 is 12.9 Å². The van der Waals surface area contributed by atoms with Crippen LogP contribution in [0.1, 0.15) is 12.5 Å². The number of anilines is 1. The lowest BCUT2D eigenvalue weighted by Gasteiger charge is -2.09. The third-order valence-corrected chi connectivity index (χ3v) is 5.23. The number of nitrogens with zero attached hydrogens (tertiary/aromatic N) is 2. The number of fused-ring (bicyclic) bond motifs is 1. The molecule has 0 aliphatic rings. The van der Waals surface area contributed by atoms with Gasteiger partial charge in [0.1, 0.15) is 0 Å². The number of sulfonamides is 1. The molecule has 0 amide bonds. The summed E-state index contributed by atoms with van der Waals surface area (Å²) in [4.78, 5) is 11.9. The van der Waals surface area contributed by atoms with Gasteiger partial charge in [0.05, 0.1) is 10.4 Å². The minimum atomic E-state index is -4.14. The second kappa shape index (κ2) is 5.95. The van der Waals surface area contributed by atoms with Crippen LogP contribution in [0.15, 0.2) is 44.7 Å².